The molecule has 4 nitrogen and oxygen atoms in total. The van der Waals surface area contributed by atoms with E-state index in [0.29, 0.717) is 11.4 Å². The van der Waals surface area contributed by atoms with Crippen molar-refractivity contribution in [2.75, 3.05) is 31.7 Å². The summed E-state index contributed by atoms with van der Waals surface area (Å²) in [5.41, 5.74) is 6.60. The minimum absolute atomic E-state index is 0.201. The summed E-state index contributed by atoms with van der Waals surface area (Å²) in [6.45, 7) is 1.79. The van der Waals surface area contributed by atoms with E-state index in [0.717, 1.165) is 36.6 Å². The lowest BCUT2D eigenvalue weighted by atomic mass is 10.1. The van der Waals surface area contributed by atoms with Crippen LogP contribution in [-0.4, -0.2) is 36.8 Å². The van der Waals surface area contributed by atoms with E-state index in [4.69, 9.17) is 10.5 Å². The highest BCUT2D eigenvalue weighted by Crippen LogP contribution is 2.29. The summed E-state index contributed by atoms with van der Waals surface area (Å²) < 4.78 is 5.17. The molecule has 0 aromatic heterocycles. The van der Waals surface area contributed by atoms with Crippen molar-refractivity contribution in [1.82, 2.24) is 4.90 Å². The lowest BCUT2D eigenvalue weighted by molar-refractivity contribution is -0.129. The maximum atomic E-state index is 12.1. The molecule has 2 N–H and O–H groups in total. The molecule has 0 unspecified atom stereocenters. The molecule has 0 saturated carbocycles. The molecule has 0 spiro atoms. The number of carbonyl (C=O) groups is 1. The fraction of sp³-hybridized carbons (Fsp3) is 0.500. The number of benzene rings is 1. The number of thioether (sulfide) groups is 1. The number of ether oxygens (including phenoxy) is 1. The van der Waals surface area contributed by atoms with E-state index in [9.17, 15) is 4.79 Å². The maximum absolute atomic E-state index is 12.1. The second-order valence-corrected chi connectivity index (χ2v) is 5.65. The van der Waals surface area contributed by atoms with Gasteiger partial charge in [0.1, 0.15) is 5.75 Å². The van der Waals surface area contributed by atoms with Crippen molar-refractivity contribution in [3.63, 3.8) is 0 Å². The molecular formula is C14H20N2O2S. The summed E-state index contributed by atoms with van der Waals surface area (Å²) in [4.78, 5) is 14.9. The molecule has 1 aromatic carbocycles. The van der Waals surface area contributed by atoms with Crippen molar-refractivity contribution in [1.29, 1.82) is 0 Å². The molecule has 1 aromatic rings. The van der Waals surface area contributed by atoms with Crippen LogP contribution in [0.3, 0.4) is 0 Å². The first-order valence-corrected chi connectivity index (χ1v) is 7.53. The molecular weight excluding hydrogens is 260 g/mol. The quantitative estimate of drug-likeness (QED) is 0.679. The van der Waals surface area contributed by atoms with Gasteiger partial charge in [-0.05, 0) is 37.5 Å². The number of nitrogen functional groups attached to an aromatic ring is 1. The zero-order valence-electron chi connectivity index (χ0n) is 11.2. The molecule has 1 heterocycles. The third-order valence-electron chi connectivity index (χ3n) is 3.28. The Kier molecular flexibility index (Phi) is 4.96. The minimum Gasteiger partial charge on any atom is -0.497 e. The van der Waals surface area contributed by atoms with Crippen molar-refractivity contribution in [3.8, 4) is 5.75 Å². The van der Waals surface area contributed by atoms with E-state index >= 15 is 0 Å². The smallest absolute Gasteiger partial charge is 0.232 e. The highest BCUT2D eigenvalue weighted by Gasteiger charge is 2.16. The molecule has 1 amide bonds. The second kappa shape index (κ2) is 6.70. The highest BCUT2D eigenvalue weighted by molar-refractivity contribution is 8.00. The number of rotatable bonds is 4. The van der Waals surface area contributed by atoms with Gasteiger partial charge in [0.2, 0.25) is 5.91 Å². The summed E-state index contributed by atoms with van der Waals surface area (Å²) in [7, 11) is 1.62. The van der Waals surface area contributed by atoms with Gasteiger partial charge in [-0.2, -0.15) is 0 Å². The Morgan fingerprint density at radius 3 is 2.79 bits per heavy atom. The molecule has 1 aliphatic heterocycles. The summed E-state index contributed by atoms with van der Waals surface area (Å²) >= 11 is 1.48. The van der Waals surface area contributed by atoms with Crippen molar-refractivity contribution >= 4 is 23.4 Å². The largest absolute Gasteiger partial charge is 0.497 e. The van der Waals surface area contributed by atoms with Gasteiger partial charge in [0.25, 0.3) is 0 Å². The Morgan fingerprint density at radius 1 is 1.37 bits per heavy atom. The van der Waals surface area contributed by atoms with Gasteiger partial charge < -0.3 is 15.4 Å². The van der Waals surface area contributed by atoms with E-state index in [1.807, 2.05) is 23.1 Å². The van der Waals surface area contributed by atoms with Gasteiger partial charge in [0.15, 0.2) is 0 Å². The van der Waals surface area contributed by atoms with Crippen LogP contribution < -0.4 is 10.5 Å². The molecule has 0 radical (unpaired) electrons. The number of amides is 1. The number of nitrogens with zero attached hydrogens (tertiary/aromatic N) is 1. The second-order valence-electron chi connectivity index (χ2n) is 4.63. The first-order valence-electron chi connectivity index (χ1n) is 6.55. The number of anilines is 1. The highest BCUT2D eigenvalue weighted by atomic mass is 32.2. The third-order valence-corrected chi connectivity index (χ3v) is 4.34. The number of methoxy groups -OCH3 is 1. The van der Waals surface area contributed by atoms with Crippen LogP contribution in [0.25, 0.3) is 0 Å². The van der Waals surface area contributed by atoms with Crippen LogP contribution in [0.4, 0.5) is 5.69 Å². The lowest BCUT2D eigenvalue weighted by Crippen LogP contribution is -2.36. The van der Waals surface area contributed by atoms with Gasteiger partial charge in [0, 0.05) is 23.7 Å². The van der Waals surface area contributed by atoms with Crippen LogP contribution in [0.5, 0.6) is 5.75 Å². The zero-order valence-corrected chi connectivity index (χ0v) is 12.0. The van der Waals surface area contributed by atoms with Crippen molar-refractivity contribution in [2.45, 2.75) is 24.2 Å². The molecule has 1 fully saturated rings. The van der Waals surface area contributed by atoms with Crippen molar-refractivity contribution in [3.05, 3.63) is 18.2 Å². The van der Waals surface area contributed by atoms with E-state index in [1.54, 1.807) is 7.11 Å². The van der Waals surface area contributed by atoms with Crippen molar-refractivity contribution < 1.29 is 9.53 Å². The van der Waals surface area contributed by atoms with Crippen LogP contribution >= 0.6 is 11.8 Å². The number of likely N-dealkylation sites (tertiary alicyclic amines) is 1. The predicted octanol–water partition coefficient (Wildman–Crippen LogP) is 2.38. The molecule has 1 saturated heterocycles. The van der Waals surface area contributed by atoms with Gasteiger partial charge in [-0.25, -0.2) is 0 Å². The molecule has 19 heavy (non-hydrogen) atoms. The Hall–Kier alpha value is -1.36. The SMILES string of the molecule is COc1ccc(N)c(SCC(=O)N2CCCCC2)c1. The molecule has 0 bridgehead atoms. The van der Waals surface area contributed by atoms with Gasteiger partial charge >= 0.3 is 0 Å². The minimum atomic E-state index is 0.201. The van der Waals surface area contributed by atoms with E-state index in [2.05, 4.69) is 0 Å². The average Bonchev–Trinajstić information content (AvgIpc) is 2.47. The van der Waals surface area contributed by atoms with Crippen LogP contribution in [0.15, 0.2) is 23.1 Å². The summed E-state index contributed by atoms with van der Waals surface area (Å²) in [5.74, 6) is 1.41. The number of carbonyl (C=O) groups excluding carboxylic acids is 1. The number of hydrogen-bond acceptors (Lipinski definition) is 4. The average molecular weight is 280 g/mol. The summed E-state index contributed by atoms with van der Waals surface area (Å²) in [5, 5.41) is 0. The number of hydrogen-bond donors (Lipinski definition) is 1. The van der Waals surface area contributed by atoms with Crippen LogP contribution in [0.1, 0.15) is 19.3 Å². The van der Waals surface area contributed by atoms with Gasteiger partial charge in [-0.15, -0.1) is 11.8 Å². The molecule has 0 atom stereocenters. The Labute approximate surface area is 118 Å². The Bertz CT molecular complexity index is 445. The van der Waals surface area contributed by atoms with E-state index in [1.165, 1.54) is 18.2 Å². The third kappa shape index (κ3) is 3.80. The first kappa shape index (κ1) is 14.1. The molecule has 1 aliphatic rings. The van der Waals surface area contributed by atoms with Crippen LogP contribution in [0, 0.1) is 0 Å². The van der Waals surface area contributed by atoms with Gasteiger partial charge in [-0.3, -0.25) is 4.79 Å². The van der Waals surface area contributed by atoms with Gasteiger partial charge in [0.05, 0.1) is 12.9 Å². The van der Waals surface area contributed by atoms with E-state index < -0.39 is 0 Å². The fourth-order valence-corrected chi connectivity index (χ4v) is 3.04. The molecule has 2 rings (SSSR count). The molecule has 5 heteroatoms. The summed E-state index contributed by atoms with van der Waals surface area (Å²) in [6.07, 6.45) is 3.48. The monoisotopic (exact) mass is 280 g/mol. The first-order chi connectivity index (χ1) is 9.20. The summed E-state index contributed by atoms with van der Waals surface area (Å²) in [6, 6.07) is 5.52. The molecule has 0 aliphatic carbocycles. The zero-order chi connectivity index (χ0) is 13.7. The maximum Gasteiger partial charge on any atom is 0.232 e. The van der Waals surface area contributed by atoms with Crippen LogP contribution in [0.2, 0.25) is 0 Å². The van der Waals surface area contributed by atoms with Gasteiger partial charge in [-0.1, -0.05) is 0 Å². The Morgan fingerprint density at radius 2 is 2.11 bits per heavy atom. The molecule has 104 valence electrons. The standard InChI is InChI=1S/C14H20N2O2S/c1-18-11-5-6-12(15)13(9-11)19-10-14(17)16-7-3-2-4-8-16/h5-6,9H,2-4,7-8,10,15H2,1H3. The normalized spacial score (nSPS) is 15.3. The van der Waals surface area contributed by atoms with E-state index in [-0.39, 0.29) is 5.91 Å². The number of nitrogens with two attached hydrogens (primary N) is 1. The van der Waals surface area contributed by atoms with Crippen molar-refractivity contribution in [2.24, 2.45) is 0 Å². The lowest BCUT2D eigenvalue weighted by Gasteiger charge is -2.26. The number of piperidine rings is 1. The predicted molar refractivity (Wildman–Crippen MR) is 78.6 cm³/mol. The Balaban J connectivity index is 1.92. The topological polar surface area (TPSA) is 55.6 Å². The fourth-order valence-electron chi connectivity index (χ4n) is 2.14. The van der Waals surface area contributed by atoms with Crippen LogP contribution in [-0.2, 0) is 4.79 Å².